The molecule has 74 valence electrons. The van der Waals surface area contributed by atoms with E-state index in [9.17, 15) is 14.4 Å². The van der Waals surface area contributed by atoms with Crippen molar-refractivity contribution < 1.29 is 19.5 Å². The van der Waals surface area contributed by atoms with Gasteiger partial charge in [0.2, 0.25) is 0 Å². The van der Waals surface area contributed by atoms with Crippen LogP contribution < -0.4 is 11.5 Å². The fourth-order valence-electron chi connectivity index (χ4n) is 0.786. The molecule has 0 rings (SSSR count). The van der Waals surface area contributed by atoms with Gasteiger partial charge < -0.3 is 21.4 Å². The Kier molecular flexibility index (Phi) is 4.22. The molecule has 0 aliphatic rings. The Morgan fingerprint density at radius 3 is 2.08 bits per heavy atom. The summed E-state index contributed by atoms with van der Waals surface area (Å²) in [5, 5.41) is 8.44. The number of carboxylic acid groups (broad SMARTS) is 1. The maximum Gasteiger partial charge on any atom is 0.321 e. The third kappa shape index (κ3) is 2.92. The lowest BCUT2D eigenvalue weighted by molar-refractivity contribution is -0.144. The number of carboxylic acids is 1. The van der Waals surface area contributed by atoms with Gasteiger partial charge in [-0.15, -0.1) is 0 Å². The molecule has 6 heteroatoms. The Balaban J connectivity index is 4.60. The van der Waals surface area contributed by atoms with Gasteiger partial charge >= 0.3 is 5.97 Å². The lowest BCUT2D eigenvalue weighted by Gasteiger charge is -2.15. The van der Waals surface area contributed by atoms with Gasteiger partial charge in [-0.05, 0) is 6.92 Å². The van der Waals surface area contributed by atoms with Crippen LogP contribution in [0.25, 0.3) is 0 Å². The summed E-state index contributed by atoms with van der Waals surface area (Å²) in [6.45, 7) is 1.37. The van der Waals surface area contributed by atoms with Gasteiger partial charge in [-0.25, -0.2) is 0 Å². The zero-order valence-electron chi connectivity index (χ0n) is 7.14. The quantitative estimate of drug-likeness (QED) is 0.343. The average Bonchev–Trinajstić information content (AvgIpc) is 2.04. The summed E-state index contributed by atoms with van der Waals surface area (Å²) in [5.74, 6) is -3.42. The molecule has 0 aromatic heterocycles. The molecule has 0 aromatic carbocycles. The van der Waals surface area contributed by atoms with Crippen LogP contribution in [0, 0.1) is 5.92 Å². The van der Waals surface area contributed by atoms with Crippen LogP contribution in [0.3, 0.4) is 0 Å². The van der Waals surface area contributed by atoms with Crippen molar-refractivity contribution in [3.05, 3.63) is 0 Å². The highest BCUT2D eigenvalue weighted by Crippen LogP contribution is 2.02. The summed E-state index contributed by atoms with van der Waals surface area (Å²) < 4.78 is 0. The number of rotatable bonds is 5. The second-order valence-electron chi connectivity index (χ2n) is 2.72. The molecule has 3 atom stereocenters. The first-order valence-electron chi connectivity index (χ1n) is 3.64. The summed E-state index contributed by atoms with van der Waals surface area (Å²) in [6, 6.07) is -2.41. The Morgan fingerprint density at radius 1 is 1.38 bits per heavy atom. The monoisotopic (exact) mass is 188 g/mol. The number of aliphatic carboxylic acids is 1. The van der Waals surface area contributed by atoms with E-state index < -0.39 is 29.8 Å². The van der Waals surface area contributed by atoms with Crippen LogP contribution in [-0.2, 0) is 14.4 Å². The van der Waals surface area contributed by atoms with Crippen LogP contribution in [0.2, 0.25) is 0 Å². The van der Waals surface area contributed by atoms with E-state index in [0.29, 0.717) is 0 Å². The van der Waals surface area contributed by atoms with Gasteiger partial charge in [0.25, 0.3) is 0 Å². The molecule has 0 amide bonds. The van der Waals surface area contributed by atoms with Gasteiger partial charge in [0.1, 0.15) is 18.2 Å². The molecule has 6 nitrogen and oxygen atoms in total. The molecule has 0 bridgehead atoms. The van der Waals surface area contributed by atoms with Crippen molar-refractivity contribution in [3.8, 4) is 0 Å². The molecule has 0 saturated carbocycles. The summed E-state index contributed by atoms with van der Waals surface area (Å²) in [7, 11) is 0. The summed E-state index contributed by atoms with van der Waals surface area (Å²) in [5.41, 5.74) is 10.3. The largest absolute Gasteiger partial charge is 0.480 e. The summed E-state index contributed by atoms with van der Waals surface area (Å²) in [4.78, 5) is 31.8. The minimum Gasteiger partial charge on any atom is -0.480 e. The normalized spacial score (nSPS) is 17.2. The van der Waals surface area contributed by atoms with Gasteiger partial charge in [0, 0.05) is 0 Å². The maximum absolute atomic E-state index is 11.1. The van der Waals surface area contributed by atoms with Crippen molar-refractivity contribution in [2.24, 2.45) is 17.4 Å². The fraction of sp³-hybridized carbons (Fsp3) is 0.571. The lowest BCUT2D eigenvalue weighted by Crippen LogP contribution is -2.47. The highest BCUT2D eigenvalue weighted by Gasteiger charge is 2.31. The lowest BCUT2D eigenvalue weighted by atomic mass is 9.94. The summed E-state index contributed by atoms with van der Waals surface area (Å²) >= 11 is 0. The molecule has 0 heterocycles. The van der Waals surface area contributed by atoms with Crippen molar-refractivity contribution in [1.82, 2.24) is 0 Å². The minimum absolute atomic E-state index is 0.213. The topological polar surface area (TPSA) is 123 Å². The highest BCUT2D eigenvalue weighted by molar-refractivity contribution is 6.00. The van der Waals surface area contributed by atoms with E-state index in [1.807, 2.05) is 0 Å². The fourth-order valence-corrected chi connectivity index (χ4v) is 0.786. The second-order valence-corrected chi connectivity index (χ2v) is 2.72. The second kappa shape index (κ2) is 4.68. The Hall–Kier alpha value is -1.27. The number of ketones is 1. The predicted octanol–water partition coefficient (Wildman–Crippen LogP) is -1.87. The molecule has 0 fully saturated rings. The van der Waals surface area contributed by atoms with Crippen LogP contribution in [-0.4, -0.2) is 35.2 Å². The molecule has 2 unspecified atom stereocenters. The molecule has 0 aliphatic carbocycles. The van der Waals surface area contributed by atoms with Crippen LogP contribution in [0.4, 0.5) is 0 Å². The zero-order chi connectivity index (χ0) is 10.6. The Labute approximate surface area is 74.9 Å². The number of carbonyl (C=O) groups is 3. The number of hydrogen-bond donors (Lipinski definition) is 3. The molecule has 13 heavy (non-hydrogen) atoms. The molecule has 0 aliphatic heterocycles. The smallest absolute Gasteiger partial charge is 0.321 e. The van der Waals surface area contributed by atoms with Gasteiger partial charge in [-0.1, -0.05) is 0 Å². The maximum atomic E-state index is 11.1. The predicted molar refractivity (Wildman–Crippen MR) is 43.8 cm³/mol. The molecule has 5 N–H and O–H groups in total. The summed E-state index contributed by atoms with van der Waals surface area (Å²) in [6.07, 6.45) is 0.213. The van der Waals surface area contributed by atoms with Crippen molar-refractivity contribution in [2.75, 3.05) is 0 Å². The van der Waals surface area contributed by atoms with E-state index in [0.717, 1.165) is 0 Å². The van der Waals surface area contributed by atoms with Crippen LogP contribution >= 0.6 is 0 Å². The molecule has 0 aromatic rings. The number of nitrogens with two attached hydrogens (primary N) is 2. The molecular weight excluding hydrogens is 176 g/mol. The van der Waals surface area contributed by atoms with Crippen molar-refractivity contribution in [1.29, 1.82) is 0 Å². The molecule has 0 spiro atoms. The first-order valence-corrected chi connectivity index (χ1v) is 3.64. The van der Waals surface area contributed by atoms with Crippen molar-refractivity contribution in [2.45, 2.75) is 19.0 Å². The Morgan fingerprint density at radius 2 is 1.85 bits per heavy atom. The average molecular weight is 188 g/mol. The van der Waals surface area contributed by atoms with Gasteiger partial charge in [0.05, 0.1) is 6.04 Å². The van der Waals surface area contributed by atoms with Gasteiger partial charge in [-0.2, -0.15) is 0 Å². The SMILES string of the molecule is CC(N)C(=O)[C@H](C=O)C(N)C(=O)O. The van der Waals surface area contributed by atoms with Crippen LogP contribution in [0.15, 0.2) is 0 Å². The third-order valence-corrected chi connectivity index (χ3v) is 1.60. The van der Waals surface area contributed by atoms with Crippen LogP contribution in [0.1, 0.15) is 6.92 Å². The standard InChI is InChI=1S/C7H12N2O4/c1-3(8)6(11)4(2-10)5(9)7(12)13/h2-5H,8-9H2,1H3,(H,12,13)/t3?,4-,5?/m1/s1. The van der Waals surface area contributed by atoms with Gasteiger partial charge in [-0.3, -0.25) is 9.59 Å². The van der Waals surface area contributed by atoms with E-state index >= 15 is 0 Å². The Bertz CT molecular complexity index is 227. The molecule has 0 saturated heterocycles. The van der Waals surface area contributed by atoms with Crippen LogP contribution in [0.5, 0.6) is 0 Å². The van der Waals surface area contributed by atoms with E-state index in [1.54, 1.807) is 0 Å². The van der Waals surface area contributed by atoms with E-state index in [2.05, 4.69) is 0 Å². The van der Waals surface area contributed by atoms with Gasteiger partial charge in [0.15, 0.2) is 5.78 Å². The van der Waals surface area contributed by atoms with E-state index in [-0.39, 0.29) is 6.29 Å². The first-order chi connectivity index (χ1) is 5.91. The van der Waals surface area contributed by atoms with Crippen molar-refractivity contribution >= 4 is 18.0 Å². The molecular formula is C7H12N2O4. The first kappa shape index (κ1) is 11.7. The van der Waals surface area contributed by atoms with Crippen molar-refractivity contribution in [3.63, 3.8) is 0 Å². The number of Topliss-reactive ketones (excluding diaryl/α,β-unsaturated/α-hetero) is 1. The number of carbonyl (C=O) groups excluding carboxylic acids is 2. The molecule has 0 radical (unpaired) electrons. The number of aldehydes is 1. The third-order valence-electron chi connectivity index (χ3n) is 1.60. The van der Waals surface area contributed by atoms with E-state index in [1.165, 1.54) is 6.92 Å². The minimum atomic E-state index is -1.52. The number of hydrogen-bond acceptors (Lipinski definition) is 5. The van der Waals surface area contributed by atoms with E-state index in [4.69, 9.17) is 16.6 Å². The highest BCUT2D eigenvalue weighted by atomic mass is 16.4. The zero-order valence-corrected chi connectivity index (χ0v) is 7.14.